The fourth-order valence-electron chi connectivity index (χ4n) is 2.74. The van der Waals surface area contributed by atoms with Gasteiger partial charge in [-0.3, -0.25) is 15.6 Å². The summed E-state index contributed by atoms with van der Waals surface area (Å²) in [6.07, 6.45) is 3.64. The Balaban J connectivity index is 1.86. The zero-order valence-corrected chi connectivity index (χ0v) is 11.6. The van der Waals surface area contributed by atoms with Crippen LogP contribution < -0.4 is 10.9 Å². The molecule has 1 fully saturated rings. The van der Waals surface area contributed by atoms with E-state index >= 15 is 0 Å². The molecule has 1 aromatic carbocycles. The number of aliphatic hydroxyl groups is 1. The molecule has 0 aromatic heterocycles. The monoisotopic (exact) mass is 262 g/mol. The lowest BCUT2D eigenvalue weighted by Crippen LogP contribution is -2.37. The molecule has 0 unspecified atom stereocenters. The molecular formula is C15H22N2O2. The summed E-state index contributed by atoms with van der Waals surface area (Å²) >= 11 is 0. The minimum atomic E-state index is -0.797. The Hall–Kier alpha value is -1.55. The van der Waals surface area contributed by atoms with Gasteiger partial charge in [0, 0.05) is 0 Å². The van der Waals surface area contributed by atoms with Crippen LogP contribution in [0.25, 0.3) is 0 Å². The molecule has 1 aliphatic rings. The quantitative estimate of drug-likeness (QED) is 0.730. The lowest BCUT2D eigenvalue weighted by Gasteiger charge is -2.21. The Morgan fingerprint density at radius 1 is 1.21 bits per heavy atom. The Morgan fingerprint density at radius 2 is 1.79 bits per heavy atom. The van der Waals surface area contributed by atoms with Crippen LogP contribution in [-0.2, 0) is 4.79 Å². The highest BCUT2D eigenvalue weighted by molar-refractivity contribution is 5.78. The first-order valence-electron chi connectivity index (χ1n) is 6.82. The maximum absolute atomic E-state index is 11.8. The van der Waals surface area contributed by atoms with Crippen molar-refractivity contribution in [1.82, 2.24) is 5.43 Å². The Kier molecular flexibility index (Phi) is 4.10. The van der Waals surface area contributed by atoms with Gasteiger partial charge in [0.15, 0.2) is 0 Å². The molecule has 0 atom stereocenters. The van der Waals surface area contributed by atoms with E-state index in [4.69, 9.17) is 0 Å². The van der Waals surface area contributed by atoms with Crippen molar-refractivity contribution in [3.05, 3.63) is 29.3 Å². The first kappa shape index (κ1) is 13.9. The molecule has 0 spiro atoms. The van der Waals surface area contributed by atoms with Crippen LogP contribution in [0.3, 0.4) is 0 Å². The molecular weight excluding hydrogens is 240 g/mol. The fraction of sp³-hybridized carbons (Fsp3) is 0.533. The Bertz CT molecular complexity index is 445. The maximum Gasteiger partial charge on any atom is 0.241 e. The van der Waals surface area contributed by atoms with Crippen molar-refractivity contribution in [2.24, 2.45) is 0 Å². The van der Waals surface area contributed by atoms with E-state index in [0.29, 0.717) is 0 Å². The summed E-state index contributed by atoms with van der Waals surface area (Å²) in [4.78, 5) is 11.8. The second kappa shape index (κ2) is 5.61. The minimum absolute atomic E-state index is 0.163. The highest BCUT2D eigenvalue weighted by atomic mass is 16.3. The average molecular weight is 262 g/mol. The normalized spacial score (nSPS) is 17.2. The van der Waals surface area contributed by atoms with E-state index in [9.17, 15) is 9.90 Å². The van der Waals surface area contributed by atoms with Gasteiger partial charge in [-0.25, -0.2) is 0 Å². The van der Waals surface area contributed by atoms with Crippen molar-refractivity contribution < 1.29 is 9.90 Å². The summed E-state index contributed by atoms with van der Waals surface area (Å²) in [5, 5.41) is 10.2. The van der Waals surface area contributed by atoms with Gasteiger partial charge in [-0.05, 0) is 49.9 Å². The summed E-state index contributed by atoms with van der Waals surface area (Å²) < 4.78 is 0. The van der Waals surface area contributed by atoms with E-state index in [1.165, 1.54) is 0 Å². The smallest absolute Gasteiger partial charge is 0.241 e. The van der Waals surface area contributed by atoms with Gasteiger partial charge >= 0.3 is 0 Å². The van der Waals surface area contributed by atoms with E-state index in [-0.39, 0.29) is 12.3 Å². The number of benzene rings is 1. The Morgan fingerprint density at radius 3 is 2.37 bits per heavy atom. The van der Waals surface area contributed by atoms with E-state index in [1.54, 1.807) is 0 Å². The third-order valence-electron chi connectivity index (χ3n) is 3.59. The molecule has 4 heteroatoms. The molecule has 4 nitrogen and oxygen atoms in total. The number of rotatable bonds is 4. The zero-order valence-electron chi connectivity index (χ0n) is 11.6. The molecule has 19 heavy (non-hydrogen) atoms. The van der Waals surface area contributed by atoms with Crippen molar-refractivity contribution in [1.29, 1.82) is 0 Å². The number of aryl methyl sites for hydroxylation is 2. The number of carbonyl (C=O) groups is 1. The summed E-state index contributed by atoms with van der Waals surface area (Å²) in [6, 6.07) is 6.02. The van der Waals surface area contributed by atoms with Gasteiger partial charge in [0.05, 0.1) is 17.7 Å². The van der Waals surface area contributed by atoms with Gasteiger partial charge in [-0.2, -0.15) is 0 Å². The molecule has 0 heterocycles. The van der Waals surface area contributed by atoms with E-state index in [1.807, 2.05) is 26.0 Å². The van der Waals surface area contributed by atoms with E-state index in [0.717, 1.165) is 42.5 Å². The summed E-state index contributed by atoms with van der Waals surface area (Å²) in [5.41, 5.74) is 7.92. The van der Waals surface area contributed by atoms with Gasteiger partial charge in [-0.15, -0.1) is 0 Å². The highest BCUT2D eigenvalue weighted by Gasteiger charge is 2.33. The second-order valence-electron chi connectivity index (χ2n) is 5.66. The van der Waals surface area contributed by atoms with E-state index < -0.39 is 5.60 Å². The number of hydrogen-bond donors (Lipinski definition) is 3. The summed E-state index contributed by atoms with van der Waals surface area (Å²) in [5.74, 6) is -0.163. The molecule has 0 radical (unpaired) electrons. The van der Waals surface area contributed by atoms with E-state index in [2.05, 4.69) is 16.9 Å². The standard InChI is InChI=1S/C15H22N2O2/c1-11-7-12(2)9-13(8-11)16-17-14(18)10-15(19)5-3-4-6-15/h7-9,16,19H,3-6,10H2,1-2H3,(H,17,18). The van der Waals surface area contributed by atoms with Gasteiger partial charge < -0.3 is 5.11 Å². The number of hydrazine groups is 1. The van der Waals surface area contributed by atoms with Crippen molar-refractivity contribution in [3.8, 4) is 0 Å². The molecule has 1 aromatic rings. The molecule has 104 valence electrons. The average Bonchev–Trinajstić information content (AvgIpc) is 2.72. The van der Waals surface area contributed by atoms with Crippen LogP contribution in [0, 0.1) is 13.8 Å². The van der Waals surface area contributed by atoms with Gasteiger partial charge in [-0.1, -0.05) is 18.9 Å². The van der Waals surface area contributed by atoms with Gasteiger partial charge in [0.2, 0.25) is 5.91 Å². The summed E-state index contributed by atoms with van der Waals surface area (Å²) in [7, 11) is 0. The highest BCUT2D eigenvalue weighted by Crippen LogP contribution is 2.32. The number of amides is 1. The largest absolute Gasteiger partial charge is 0.389 e. The van der Waals surface area contributed by atoms with Crippen molar-refractivity contribution in [2.75, 3.05) is 5.43 Å². The number of nitrogens with one attached hydrogen (secondary N) is 2. The van der Waals surface area contributed by atoms with Crippen LogP contribution in [-0.4, -0.2) is 16.6 Å². The van der Waals surface area contributed by atoms with Crippen LogP contribution in [0.1, 0.15) is 43.2 Å². The molecule has 0 bridgehead atoms. The lowest BCUT2D eigenvalue weighted by atomic mass is 9.98. The molecule has 1 amide bonds. The van der Waals surface area contributed by atoms with Crippen LogP contribution >= 0.6 is 0 Å². The summed E-state index contributed by atoms with van der Waals surface area (Å²) in [6.45, 7) is 4.03. The first-order chi connectivity index (χ1) is 8.97. The van der Waals surface area contributed by atoms with Gasteiger partial charge in [0.1, 0.15) is 0 Å². The van der Waals surface area contributed by atoms with Crippen molar-refractivity contribution in [2.45, 2.75) is 51.6 Å². The van der Waals surface area contributed by atoms with Crippen molar-refractivity contribution in [3.63, 3.8) is 0 Å². The topological polar surface area (TPSA) is 61.4 Å². The third kappa shape index (κ3) is 3.96. The minimum Gasteiger partial charge on any atom is -0.389 e. The third-order valence-corrected chi connectivity index (χ3v) is 3.59. The van der Waals surface area contributed by atoms with Crippen LogP contribution in [0.15, 0.2) is 18.2 Å². The Labute approximate surface area is 114 Å². The number of carbonyl (C=O) groups excluding carboxylic acids is 1. The second-order valence-corrected chi connectivity index (χ2v) is 5.66. The lowest BCUT2D eigenvalue weighted by molar-refractivity contribution is -0.125. The SMILES string of the molecule is Cc1cc(C)cc(NNC(=O)CC2(O)CCCC2)c1. The number of hydrogen-bond acceptors (Lipinski definition) is 3. The molecule has 0 saturated heterocycles. The maximum atomic E-state index is 11.8. The molecule has 3 N–H and O–H groups in total. The molecule has 0 aliphatic heterocycles. The molecule has 2 rings (SSSR count). The zero-order chi connectivity index (χ0) is 13.9. The van der Waals surface area contributed by atoms with Crippen LogP contribution in [0.2, 0.25) is 0 Å². The number of anilines is 1. The first-order valence-corrected chi connectivity index (χ1v) is 6.82. The molecule has 1 saturated carbocycles. The fourth-order valence-corrected chi connectivity index (χ4v) is 2.74. The van der Waals surface area contributed by atoms with Crippen LogP contribution in [0.5, 0.6) is 0 Å². The molecule has 1 aliphatic carbocycles. The predicted octanol–water partition coefficient (Wildman–Crippen LogP) is 2.44. The van der Waals surface area contributed by atoms with Crippen LogP contribution in [0.4, 0.5) is 5.69 Å². The predicted molar refractivity (Wildman–Crippen MR) is 75.7 cm³/mol. The van der Waals surface area contributed by atoms with Crippen molar-refractivity contribution >= 4 is 11.6 Å². The van der Waals surface area contributed by atoms with Gasteiger partial charge in [0.25, 0.3) is 0 Å².